The summed E-state index contributed by atoms with van der Waals surface area (Å²) in [5.74, 6) is 0.321. The lowest BCUT2D eigenvalue weighted by atomic mass is 9.87. The summed E-state index contributed by atoms with van der Waals surface area (Å²) in [6, 6.07) is 53.1. The van der Waals surface area contributed by atoms with Crippen LogP contribution in [-0.2, 0) is 0 Å². The number of aryl methyl sites for hydroxylation is 1. The predicted octanol–water partition coefficient (Wildman–Crippen LogP) is 13.3. The van der Waals surface area contributed by atoms with Crippen molar-refractivity contribution in [2.45, 2.75) is 19.8 Å². The summed E-state index contributed by atoms with van der Waals surface area (Å²) >= 11 is 0. The first-order chi connectivity index (χ1) is 23.1. The molecule has 0 radical (unpaired) electrons. The van der Waals surface area contributed by atoms with E-state index in [9.17, 15) is 0 Å². The molecule has 1 atom stereocenters. The van der Waals surface area contributed by atoms with Crippen molar-refractivity contribution in [2.75, 3.05) is 0 Å². The molecule has 1 aliphatic carbocycles. The fourth-order valence-corrected chi connectivity index (χ4v) is 9.07. The lowest BCUT2D eigenvalue weighted by molar-refractivity contribution is 0.957. The molecule has 0 aromatic heterocycles. The molecule has 0 nitrogen and oxygen atoms in total. The molecular weight excluding hydrogens is 565 g/mol. The van der Waals surface area contributed by atoms with Crippen molar-refractivity contribution in [1.82, 2.24) is 0 Å². The van der Waals surface area contributed by atoms with Gasteiger partial charge in [-0.3, -0.25) is 0 Å². The summed E-state index contributed by atoms with van der Waals surface area (Å²) in [5.41, 5.74) is 12.1. The summed E-state index contributed by atoms with van der Waals surface area (Å²) in [6.07, 6.45) is 0. The highest BCUT2D eigenvalue weighted by atomic mass is 14.3. The van der Waals surface area contributed by atoms with Gasteiger partial charge in [-0.05, 0) is 134 Å². The number of hydrogen-bond acceptors (Lipinski definition) is 0. The molecule has 0 heteroatoms. The Bertz CT molecular complexity index is 2910. The summed E-state index contributed by atoms with van der Waals surface area (Å²) in [4.78, 5) is 0. The van der Waals surface area contributed by atoms with Crippen molar-refractivity contribution in [3.8, 4) is 33.4 Å². The smallest absolute Gasteiger partial charge is 0.00737 e. The molecular formula is C47H30. The van der Waals surface area contributed by atoms with Crippen LogP contribution in [0, 0.1) is 6.92 Å². The minimum absolute atomic E-state index is 0.321. The third kappa shape index (κ3) is 3.32. The molecule has 1 aliphatic rings. The first-order valence-electron chi connectivity index (χ1n) is 16.7. The van der Waals surface area contributed by atoms with Crippen LogP contribution in [0.2, 0.25) is 0 Å². The molecule has 10 aromatic carbocycles. The molecule has 11 rings (SSSR count). The third-order valence-electron chi connectivity index (χ3n) is 11.3. The van der Waals surface area contributed by atoms with Crippen molar-refractivity contribution >= 4 is 64.6 Å². The normalized spacial score (nSPS) is 14.4. The average Bonchev–Trinajstić information content (AvgIpc) is 3.40. The van der Waals surface area contributed by atoms with Crippen LogP contribution in [-0.4, -0.2) is 0 Å². The first kappa shape index (κ1) is 25.5. The maximum Gasteiger partial charge on any atom is 0.00737 e. The van der Waals surface area contributed by atoms with Crippen molar-refractivity contribution in [3.63, 3.8) is 0 Å². The standard InChI is InChI=1S/C47H30/c1-26-23-43-37(19-14-32-12-10-30-7-4-8-35(26)45(30)47(32)43)34-17-21-39-38-20-16-33(24-41(38)27(2)42(39)25-34)36-18-13-31-11-9-28-5-3-6-29-15-22-40(36)46(31)44(28)29/h3-25,27H,1-2H3. The highest BCUT2D eigenvalue weighted by Crippen LogP contribution is 2.49. The van der Waals surface area contributed by atoms with Gasteiger partial charge < -0.3 is 0 Å². The van der Waals surface area contributed by atoms with E-state index in [1.165, 1.54) is 115 Å². The number of benzene rings is 10. The SMILES string of the molecule is Cc1cc2c(-c3ccc4c(c3)C(C)c3cc(-c5ccc6ccc7cccc8ccc5c6c78)ccc3-4)ccc3ccc4cccc1c4c32. The van der Waals surface area contributed by atoms with Crippen LogP contribution in [0.25, 0.3) is 98.0 Å². The van der Waals surface area contributed by atoms with E-state index in [-0.39, 0.29) is 0 Å². The molecule has 10 aromatic rings. The van der Waals surface area contributed by atoms with Crippen LogP contribution in [0.4, 0.5) is 0 Å². The van der Waals surface area contributed by atoms with E-state index in [0.29, 0.717) is 5.92 Å². The van der Waals surface area contributed by atoms with E-state index < -0.39 is 0 Å². The van der Waals surface area contributed by atoms with E-state index in [4.69, 9.17) is 0 Å². The fraction of sp³-hybridized carbons (Fsp3) is 0.0638. The number of rotatable bonds is 2. The van der Waals surface area contributed by atoms with Crippen LogP contribution in [0.15, 0.2) is 140 Å². The largest absolute Gasteiger partial charge is 0.0610 e. The summed E-state index contributed by atoms with van der Waals surface area (Å²) in [6.45, 7) is 4.64. The molecule has 0 N–H and O–H groups in total. The highest BCUT2D eigenvalue weighted by Gasteiger charge is 2.27. The van der Waals surface area contributed by atoms with E-state index in [0.717, 1.165) is 0 Å². The van der Waals surface area contributed by atoms with Crippen LogP contribution >= 0.6 is 0 Å². The lowest BCUT2D eigenvalue weighted by Gasteiger charge is -2.17. The van der Waals surface area contributed by atoms with Crippen molar-refractivity contribution in [3.05, 3.63) is 156 Å². The van der Waals surface area contributed by atoms with E-state index in [1.807, 2.05) is 0 Å². The lowest BCUT2D eigenvalue weighted by Crippen LogP contribution is -1.93. The Morgan fingerprint density at radius 2 is 0.809 bits per heavy atom. The molecule has 0 fully saturated rings. The minimum Gasteiger partial charge on any atom is -0.0610 e. The van der Waals surface area contributed by atoms with Crippen molar-refractivity contribution in [2.24, 2.45) is 0 Å². The van der Waals surface area contributed by atoms with Gasteiger partial charge in [0.25, 0.3) is 0 Å². The molecule has 47 heavy (non-hydrogen) atoms. The maximum absolute atomic E-state index is 2.47. The third-order valence-corrected chi connectivity index (χ3v) is 11.3. The van der Waals surface area contributed by atoms with Crippen LogP contribution < -0.4 is 0 Å². The molecule has 0 aliphatic heterocycles. The van der Waals surface area contributed by atoms with Gasteiger partial charge in [0.15, 0.2) is 0 Å². The second-order valence-corrected chi connectivity index (χ2v) is 13.7. The zero-order chi connectivity index (χ0) is 31.0. The molecule has 0 bridgehead atoms. The fourth-order valence-electron chi connectivity index (χ4n) is 9.07. The van der Waals surface area contributed by atoms with Crippen LogP contribution in [0.1, 0.15) is 29.5 Å². The van der Waals surface area contributed by atoms with Gasteiger partial charge in [0, 0.05) is 5.92 Å². The van der Waals surface area contributed by atoms with Gasteiger partial charge in [-0.15, -0.1) is 0 Å². The second kappa shape index (κ2) is 8.96. The van der Waals surface area contributed by atoms with Crippen molar-refractivity contribution in [1.29, 1.82) is 0 Å². The second-order valence-electron chi connectivity index (χ2n) is 13.7. The van der Waals surface area contributed by atoms with Gasteiger partial charge in [0.05, 0.1) is 0 Å². The minimum atomic E-state index is 0.321. The molecule has 0 saturated carbocycles. The van der Waals surface area contributed by atoms with Gasteiger partial charge in [-0.2, -0.15) is 0 Å². The summed E-state index contributed by atoms with van der Waals surface area (Å²) in [7, 11) is 0. The van der Waals surface area contributed by atoms with E-state index >= 15 is 0 Å². The Kier molecular flexibility index (Phi) is 4.86. The van der Waals surface area contributed by atoms with Gasteiger partial charge in [0.2, 0.25) is 0 Å². The van der Waals surface area contributed by atoms with Crippen LogP contribution in [0.5, 0.6) is 0 Å². The van der Waals surface area contributed by atoms with E-state index in [1.54, 1.807) is 0 Å². The molecule has 0 spiro atoms. The Labute approximate surface area is 273 Å². The van der Waals surface area contributed by atoms with Gasteiger partial charge in [-0.25, -0.2) is 0 Å². The highest BCUT2D eigenvalue weighted by molar-refractivity contribution is 6.27. The van der Waals surface area contributed by atoms with E-state index in [2.05, 4.69) is 153 Å². The molecule has 1 unspecified atom stereocenters. The molecule has 0 heterocycles. The molecule has 218 valence electrons. The topological polar surface area (TPSA) is 0 Å². The summed E-state index contributed by atoms with van der Waals surface area (Å²) in [5, 5.41) is 16.1. The van der Waals surface area contributed by atoms with Gasteiger partial charge in [-0.1, -0.05) is 134 Å². The van der Waals surface area contributed by atoms with Crippen molar-refractivity contribution < 1.29 is 0 Å². The van der Waals surface area contributed by atoms with Gasteiger partial charge in [0.1, 0.15) is 0 Å². The predicted molar refractivity (Wildman–Crippen MR) is 202 cm³/mol. The van der Waals surface area contributed by atoms with Crippen LogP contribution in [0.3, 0.4) is 0 Å². The summed E-state index contributed by atoms with van der Waals surface area (Å²) < 4.78 is 0. The monoisotopic (exact) mass is 594 g/mol. The Hall–Kier alpha value is -5.72. The zero-order valence-electron chi connectivity index (χ0n) is 26.4. The zero-order valence-corrected chi connectivity index (χ0v) is 26.4. The number of fused-ring (bicyclic) bond motifs is 3. The van der Waals surface area contributed by atoms with Gasteiger partial charge >= 0.3 is 0 Å². The molecule has 0 amide bonds. The Balaban J connectivity index is 1.06. The average molecular weight is 595 g/mol. The Morgan fingerprint density at radius 3 is 1.45 bits per heavy atom. The quantitative estimate of drug-likeness (QED) is 0.175. The molecule has 0 saturated heterocycles. The number of hydrogen-bond donors (Lipinski definition) is 0. The Morgan fingerprint density at radius 1 is 0.362 bits per heavy atom. The first-order valence-corrected chi connectivity index (χ1v) is 16.7. The maximum atomic E-state index is 2.47.